The lowest BCUT2D eigenvalue weighted by molar-refractivity contribution is -0.140. The molecule has 1 aromatic carbocycles. The molecule has 1 unspecified atom stereocenters. The minimum Gasteiger partial charge on any atom is -0.496 e. The van der Waals surface area contributed by atoms with E-state index in [9.17, 15) is 9.59 Å². The second-order valence-corrected chi connectivity index (χ2v) is 3.03. The topological polar surface area (TPSA) is 72.8 Å². The second kappa shape index (κ2) is 5.16. The summed E-state index contributed by atoms with van der Waals surface area (Å²) in [5.41, 5.74) is 0.231. The first-order valence-electron chi connectivity index (χ1n) is 4.54. The third kappa shape index (κ3) is 2.13. The van der Waals surface area contributed by atoms with Gasteiger partial charge in [-0.2, -0.15) is 0 Å². The number of ether oxygens (including phenoxy) is 2. The highest BCUT2D eigenvalue weighted by Crippen LogP contribution is 2.34. The van der Waals surface area contributed by atoms with Crippen LogP contribution in [0, 0.1) is 0 Å². The van der Waals surface area contributed by atoms with Crippen LogP contribution in [0.5, 0.6) is 11.5 Å². The summed E-state index contributed by atoms with van der Waals surface area (Å²) in [6, 6.07) is 4.82. The molecule has 0 saturated carbocycles. The average Bonchev–Trinajstić information content (AvgIpc) is 2.29. The zero-order chi connectivity index (χ0) is 12.1. The Hall–Kier alpha value is -2.04. The summed E-state index contributed by atoms with van der Waals surface area (Å²) in [4.78, 5) is 21.7. The van der Waals surface area contributed by atoms with Crippen LogP contribution in [-0.2, 0) is 9.59 Å². The Bertz CT molecular complexity index is 377. The Morgan fingerprint density at radius 3 is 2.12 bits per heavy atom. The molecule has 1 N–H and O–H groups in total. The number of benzene rings is 1. The van der Waals surface area contributed by atoms with Crippen LogP contribution in [-0.4, -0.2) is 31.6 Å². The van der Waals surface area contributed by atoms with Crippen molar-refractivity contribution in [2.24, 2.45) is 0 Å². The molecule has 0 aromatic heterocycles. The number of aldehydes is 1. The van der Waals surface area contributed by atoms with Crippen LogP contribution < -0.4 is 9.47 Å². The van der Waals surface area contributed by atoms with Crippen molar-refractivity contribution in [3.05, 3.63) is 23.8 Å². The molecular weight excluding hydrogens is 212 g/mol. The summed E-state index contributed by atoms with van der Waals surface area (Å²) in [5.74, 6) is -1.89. The molecule has 0 aliphatic rings. The van der Waals surface area contributed by atoms with Gasteiger partial charge in [-0.25, -0.2) is 0 Å². The van der Waals surface area contributed by atoms with Crippen LogP contribution in [0.4, 0.5) is 0 Å². The molecule has 0 aliphatic carbocycles. The normalized spacial score (nSPS) is 11.6. The largest absolute Gasteiger partial charge is 0.496 e. The van der Waals surface area contributed by atoms with Gasteiger partial charge in [0.15, 0.2) is 0 Å². The molecule has 0 amide bonds. The zero-order valence-electron chi connectivity index (χ0n) is 8.97. The monoisotopic (exact) mass is 224 g/mol. The molecule has 0 heterocycles. The molecule has 1 aromatic rings. The Labute approximate surface area is 92.6 Å². The highest BCUT2D eigenvalue weighted by Gasteiger charge is 2.26. The maximum Gasteiger partial charge on any atom is 0.318 e. The molecule has 5 heteroatoms. The third-order valence-electron chi connectivity index (χ3n) is 2.18. The van der Waals surface area contributed by atoms with E-state index >= 15 is 0 Å². The lowest BCUT2D eigenvalue weighted by atomic mass is 9.98. The van der Waals surface area contributed by atoms with Crippen molar-refractivity contribution in [1.82, 2.24) is 0 Å². The van der Waals surface area contributed by atoms with E-state index in [-0.39, 0.29) is 5.56 Å². The molecule has 0 bridgehead atoms. The van der Waals surface area contributed by atoms with Crippen LogP contribution in [0.3, 0.4) is 0 Å². The number of carbonyl (C=O) groups is 2. The van der Waals surface area contributed by atoms with E-state index in [2.05, 4.69) is 0 Å². The molecular formula is C11H12O5. The summed E-state index contributed by atoms with van der Waals surface area (Å²) in [6.07, 6.45) is 0.350. The molecule has 0 saturated heterocycles. The van der Waals surface area contributed by atoms with Crippen LogP contribution in [0.25, 0.3) is 0 Å². The van der Waals surface area contributed by atoms with E-state index in [1.54, 1.807) is 18.2 Å². The quantitative estimate of drug-likeness (QED) is 0.598. The number of carboxylic acids is 1. The minimum absolute atomic E-state index is 0.231. The van der Waals surface area contributed by atoms with Gasteiger partial charge >= 0.3 is 5.97 Å². The number of carbonyl (C=O) groups excluding carboxylic acids is 1. The predicted molar refractivity (Wildman–Crippen MR) is 56.0 cm³/mol. The lowest BCUT2D eigenvalue weighted by Crippen LogP contribution is -2.15. The standard InChI is InChI=1S/C11H12O5/c1-15-8-4-3-5-9(16-2)10(8)7(6-12)11(13)14/h3-7H,1-2H3,(H,13,14). The third-order valence-corrected chi connectivity index (χ3v) is 2.18. The average molecular weight is 224 g/mol. The van der Waals surface area contributed by atoms with Crippen molar-refractivity contribution in [2.75, 3.05) is 14.2 Å². The fraction of sp³-hybridized carbons (Fsp3) is 0.273. The number of rotatable bonds is 5. The minimum atomic E-state index is -1.29. The molecule has 5 nitrogen and oxygen atoms in total. The second-order valence-electron chi connectivity index (χ2n) is 3.03. The van der Waals surface area contributed by atoms with Gasteiger partial charge in [-0.1, -0.05) is 6.07 Å². The summed E-state index contributed by atoms with van der Waals surface area (Å²) in [5, 5.41) is 8.92. The molecule has 0 fully saturated rings. The number of hydrogen-bond acceptors (Lipinski definition) is 4. The van der Waals surface area contributed by atoms with Gasteiger partial charge in [0.25, 0.3) is 0 Å². The van der Waals surface area contributed by atoms with Crippen molar-refractivity contribution in [1.29, 1.82) is 0 Å². The van der Waals surface area contributed by atoms with Gasteiger partial charge < -0.3 is 19.4 Å². The molecule has 16 heavy (non-hydrogen) atoms. The first-order chi connectivity index (χ1) is 7.65. The molecule has 1 rings (SSSR count). The zero-order valence-corrected chi connectivity index (χ0v) is 8.97. The van der Waals surface area contributed by atoms with Gasteiger partial charge in [0.2, 0.25) is 0 Å². The Balaban J connectivity index is 3.37. The molecule has 1 atom stereocenters. The highest BCUT2D eigenvalue weighted by atomic mass is 16.5. The van der Waals surface area contributed by atoms with Crippen LogP contribution in [0.1, 0.15) is 11.5 Å². The first kappa shape index (κ1) is 12.0. The Kier molecular flexibility index (Phi) is 3.88. The predicted octanol–water partition coefficient (Wildman–Crippen LogP) is 1.07. The lowest BCUT2D eigenvalue weighted by Gasteiger charge is -2.14. The summed E-state index contributed by atoms with van der Waals surface area (Å²) >= 11 is 0. The summed E-state index contributed by atoms with van der Waals surface area (Å²) < 4.78 is 10.0. The SMILES string of the molecule is COc1cccc(OC)c1C(C=O)C(=O)O. The van der Waals surface area contributed by atoms with Crippen LogP contribution in [0.15, 0.2) is 18.2 Å². The van der Waals surface area contributed by atoms with Crippen molar-refractivity contribution in [3.63, 3.8) is 0 Å². The van der Waals surface area contributed by atoms with Gasteiger partial charge in [0.05, 0.1) is 19.8 Å². The van der Waals surface area contributed by atoms with Crippen molar-refractivity contribution >= 4 is 12.3 Å². The van der Waals surface area contributed by atoms with E-state index in [1.807, 2.05) is 0 Å². The number of carboxylic acid groups (broad SMARTS) is 1. The van der Waals surface area contributed by atoms with Crippen molar-refractivity contribution < 1.29 is 24.2 Å². The summed E-state index contributed by atoms with van der Waals surface area (Å²) in [6.45, 7) is 0. The maximum absolute atomic E-state index is 10.9. The van der Waals surface area contributed by atoms with E-state index < -0.39 is 11.9 Å². The van der Waals surface area contributed by atoms with Gasteiger partial charge in [-0.3, -0.25) is 4.79 Å². The van der Waals surface area contributed by atoms with E-state index in [0.29, 0.717) is 17.8 Å². The first-order valence-corrected chi connectivity index (χ1v) is 4.54. The Morgan fingerprint density at radius 2 is 1.81 bits per heavy atom. The van der Waals surface area contributed by atoms with Gasteiger partial charge in [0.1, 0.15) is 23.7 Å². The smallest absolute Gasteiger partial charge is 0.318 e. The van der Waals surface area contributed by atoms with E-state index in [0.717, 1.165) is 0 Å². The molecule has 0 aliphatic heterocycles. The van der Waals surface area contributed by atoms with Crippen LogP contribution >= 0.6 is 0 Å². The van der Waals surface area contributed by atoms with Crippen molar-refractivity contribution in [3.8, 4) is 11.5 Å². The van der Waals surface area contributed by atoms with Crippen molar-refractivity contribution in [2.45, 2.75) is 5.92 Å². The Morgan fingerprint density at radius 1 is 1.31 bits per heavy atom. The fourth-order valence-electron chi connectivity index (χ4n) is 1.44. The van der Waals surface area contributed by atoms with Crippen LogP contribution in [0.2, 0.25) is 0 Å². The van der Waals surface area contributed by atoms with Gasteiger partial charge in [-0.05, 0) is 12.1 Å². The van der Waals surface area contributed by atoms with E-state index in [4.69, 9.17) is 14.6 Å². The fourth-order valence-corrected chi connectivity index (χ4v) is 1.44. The van der Waals surface area contributed by atoms with E-state index in [1.165, 1.54) is 14.2 Å². The number of methoxy groups -OCH3 is 2. The summed E-state index contributed by atoms with van der Waals surface area (Å²) in [7, 11) is 2.81. The highest BCUT2D eigenvalue weighted by molar-refractivity contribution is 5.94. The number of hydrogen-bond donors (Lipinski definition) is 1. The molecule has 86 valence electrons. The van der Waals surface area contributed by atoms with Gasteiger partial charge in [-0.15, -0.1) is 0 Å². The maximum atomic E-state index is 10.9. The number of aliphatic carboxylic acids is 1. The molecule has 0 spiro atoms. The molecule has 0 radical (unpaired) electrons. The van der Waals surface area contributed by atoms with Gasteiger partial charge in [0, 0.05) is 0 Å².